The van der Waals surface area contributed by atoms with Crippen molar-refractivity contribution < 1.29 is 15.0 Å². The summed E-state index contributed by atoms with van der Waals surface area (Å²) in [7, 11) is 0. The number of aliphatic hydroxyl groups excluding tert-OH is 1. The number of β-amino-alcohol motifs (C(OH)–C–C–N with tert-alkyl or cyclic N) is 1. The average molecular weight is 201 g/mol. The molecule has 0 spiro atoms. The molecule has 0 aliphatic carbocycles. The predicted octanol–water partition coefficient (Wildman–Crippen LogP) is 0.696. The van der Waals surface area contributed by atoms with E-state index in [0.29, 0.717) is 13.0 Å². The molecular formula is C10H19NO3. The van der Waals surface area contributed by atoms with Gasteiger partial charge in [0.05, 0.1) is 6.10 Å². The van der Waals surface area contributed by atoms with E-state index in [0.717, 1.165) is 25.8 Å². The highest BCUT2D eigenvalue weighted by molar-refractivity contribution is 5.74. The Morgan fingerprint density at radius 2 is 2.21 bits per heavy atom. The standard InChI is InChI=1S/C10H19NO3/c1-2-3-4-5-11-7-8(12)6-9(11)10(13)14/h8-9,12H,2-7H2,1H3,(H,13,14)/t8-,9+/m1/s1. The Hall–Kier alpha value is -0.610. The minimum atomic E-state index is -0.807. The number of nitrogens with zero attached hydrogens (tertiary/aromatic N) is 1. The summed E-state index contributed by atoms with van der Waals surface area (Å²) in [5, 5.41) is 18.3. The molecule has 0 aromatic carbocycles. The molecule has 2 atom stereocenters. The molecule has 1 rings (SSSR count). The fraction of sp³-hybridized carbons (Fsp3) is 0.900. The van der Waals surface area contributed by atoms with Crippen LogP contribution in [0.5, 0.6) is 0 Å². The first-order valence-corrected chi connectivity index (χ1v) is 5.30. The summed E-state index contributed by atoms with van der Waals surface area (Å²) in [6.45, 7) is 3.43. The van der Waals surface area contributed by atoms with Crippen molar-refractivity contribution in [2.45, 2.75) is 44.8 Å². The van der Waals surface area contributed by atoms with Crippen molar-refractivity contribution in [1.29, 1.82) is 0 Å². The molecule has 1 saturated heterocycles. The van der Waals surface area contributed by atoms with Crippen LogP contribution in [0.15, 0.2) is 0 Å². The highest BCUT2D eigenvalue weighted by Gasteiger charge is 2.35. The van der Waals surface area contributed by atoms with Crippen LogP contribution in [0.3, 0.4) is 0 Å². The lowest BCUT2D eigenvalue weighted by Gasteiger charge is -2.20. The molecule has 1 heterocycles. The number of carboxylic acids is 1. The van der Waals surface area contributed by atoms with Gasteiger partial charge in [0.15, 0.2) is 0 Å². The first-order valence-electron chi connectivity index (χ1n) is 5.30. The molecule has 82 valence electrons. The van der Waals surface area contributed by atoms with Gasteiger partial charge in [0.2, 0.25) is 0 Å². The zero-order valence-electron chi connectivity index (χ0n) is 8.65. The summed E-state index contributed by atoms with van der Waals surface area (Å²) in [6.07, 6.45) is 3.19. The highest BCUT2D eigenvalue weighted by atomic mass is 16.4. The van der Waals surface area contributed by atoms with Crippen LogP contribution in [0.4, 0.5) is 0 Å². The zero-order valence-corrected chi connectivity index (χ0v) is 8.65. The van der Waals surface area contributed by atoms with Crippen LogP contribution in [-0.4, -0.2) is 46.3 Å². The molecule has 0 aromatic heterocycles. The summed E-state index contributed by atoms with van der Waals surface area (Å²) < 4.78 is 0. The lowest BCUT2D eigenvalue weighted by Crippen LogP contribution is -2.36. The van der Waals surface area contributed by atoms with Crippen molar-refractivity contribution >= 4 is 5.97 Å². The number of carbonyl (C=O) groups is 1. The Labute approximate surface area is 84.5 Å². The minimum absolute atomic E-state index is 0.376. The molecule has 0 bridgehead atoms. The van der Waals surface area contributed by atoms with Crippen molar-refractivity contribution in [3.8, 4) is 0 Å². The van der Waals surface area contributed by atoms with Crippen molar-refractivity contribution in [2.75, 3.05) is 13.1 Å². The van der Waals surface area contributed by atoms with Crippen molar-refractivity contribution in [2.24, 2.45) is 0 Å². The normalized spacial score (nSPS) is 28.1. The van der Waals surface area contributed by atoms with E-state index in [1.165, 1.54) is 0 Å². The summed E-state index contributed by atoms with van der Waals surface area (Å²) in [4.78, 5) is 12.7. The zero-order chi connectivity index (χ0) is 10.6. The Balaban J connectivity index is 2.37. The number of aliphatic carboxylic acids is 1. The monoisotopic (exact) mass is 201 g/mol. The molecule has 2 N–H and O–H groups in total. The second-order valence-corrected chi connectivity index (χ2v) is 3.95. The fourth-order valence-electron chi connectivity index (χ4n) is 1.95. The number of hydrogen-bond acceptors (Lipinski definition) is 3. The SMILES string of the molecule is CCCCCN1C[C@H](O)C[C@H]1C(=O)O. The van der Waals surface area contributed by atoms with Crippen LogP contribution in [0.25, 0.3) is 0 Å². The second-order valence-electron chi connectivity index (χ2n) is 3.95. The van der Waals surface area contributed by atoms with Gasteiger partial charge in [-0.2, -0.15) is 0 Å². The van der Waals surface area contributed by atoms with Crippen molar-refractivity contribution in [1.82, 2.24) is 4.90 Å². The van der Waals surface area contributed by atoms with Gasteiger partial charge in [0.1, 0.15) is 6.04 Å². The van der Waals surface area contributed by atoms with E-state index in [1.54, 1.807) is 0 Å². The molecule has 4 heteroatoms. The number of hydrogen-bond donors (Lipinski definition) is 2. The quantitative estimate of drug-likeness (QED) is 0.643. The molecule has 0 amide bonds. The van der Waals surface area contributed by atoms with Crippen LogP contribution in [0, 0.1) is 0 Å². The molecule has 1 fully saturated rings. The van der Waals surface area contributed by atoms with E-state index >= 15 is 0 Å². The van der Waals surface area contributed by atoms with Gasteiger partial charge in [-0.05, 0) is 13.0 Å². The Kier molecular flexibility index (Phi) is 4.35. The van der Waals surface area contributed by atoms with Gasteiger partial charge < -0.3 is 10.2 Å². The topological polar surface area (TPSA) is 60.8 Å². The van der Waals surface area contributed by atoms with Gasteiger partial charge in [0, 0.05) is 13.0 Å². The third-order valence-electron chi connectivity index (χ3n) is 2.72. The smallest absolute Gasteiger partial charge is 0.321 e. The Morgan fingerprint density at radius 1 is 1.50 bits per heavy atom. The molecule has 0 unspecified atom stereocenters. The van der Waals surface area contributed by atoms with Gasteiger partial charge >= 0.3 is 5.97 Å². The first kappa shape index (κ1) is 11.5. The lowest BCUT2D eigenvalue weighted by molar-refractivity contribution is -0.142. The molecule has 1 aliphatic rings. The molecule has 14 heavy (non-hydrogen) atoms. The maximum atomic E-state index is 10.8. The van der Waals surface area contributed by atoms with Crippen LogP contribution in [-0.2, 0) is 4.79 Å². The average Bonchev–Trinajstić information content (AvgIpc) is 2.47. The summed E-state index contributed by atoms with van der Waals surface area (Å²) in [5.41, 5.74) is 0. The van der Waals surface area contributed by atoms with Gasteiger partial charge in [-0.25, -0.2) is 0 Å². The van der Waals surface area contributed by atoms with Crippen LogP contribution < -0.4 is 0 Å². The van der Waals surface area contributed by atoms with Gasteiger partial charge in [-0.1, -0.05) is 19.8 Å². The number of unbranched alkanes of at least 4 members (excludes halogenated alkanes) is 2. The van der Waals surface area contributed by atoms with E-state index < -0.39 is 18.1 Å². The maximum Gasteiger partial charge on any atom is 0.321 e. The highest BCUT2D eigenvalue weighted by Crippen LogP contribution is 2.18. The maximum absolute atomic E-state index is 10.8. The largest absolute Gasteiger partial charge is 0.480 e. The number of rotatable bonds is 5. The predicted molar refractivity (Wildman–Crippen MR) is 53.1 cm³/mol. The second kappa shape index (κ2) is 5.32. The van der Waals surface area contributed by atoms with Gasteiger partial charge in [-0.3, -0.25) is 9.69 Å². The van der Waals surface area contributed by atoms with Crippen LogP contribution in [0.2, 0.25) is 0 Å². The molecule has 0 radical (unpaired) electrons. The van der Waals surface area contributed by atoms with Crippen molar-refractivity contribution in [3.63, 3.8) is 0 Å². The van der Waals surface area contributed by atoms with Crippen molar-refractivity contribution in [3.05, 3.63) is 0 Å². The minimum Gasteiger partial charge on any atom is -0.480 e. The Bertz CT molecular complexity index is 196. The third kappa shape index (κ3) is 2.96. The summed E-state index contributed by atoms with van der Waals surface area (Å²) in [5.74, 6) is -0.807. The fourth-order valence-corrected chi connectivity index (χ4v) is 1.95. The molecular weight excluding hydrogens is 182 g/mol. The van der Waals surface area contributed by atoms with E-state index in [-0.39, 0.29) is 0 Å². The number of aliphatic hydroxyl groups is 1. The molecule has 1 aliphatic heterocycles. The first-order chi connectivity index (χ1) is 6.65. The van der Waals surface area contributed by atoms with Gasteiger partial charge in [0.25, 0.3) is 0 Å². The Morgan fingerprint density at radius 3 is 2.79 bits per heavy atom. The lowest BCUT2D eigenvalue weighted by atomic mass is 10.2. The van der Waals surface area contributed by atoms with E-state index in [2.05, 4.69) is 6.92 Å². The molecule has 4 nitrogen and oxygen atoms in total. The van der Waals surface area contributed by atoms with E-state index in [9.17, 15) is 9.90 Å². The molecule has 0 saturated carbocycles. The number of carboxylic acid groups (broad SMARTS) is 1. The van der Waals surface area contributed by atoms with Crippen LogP contribution >= 0.6 is 0 Å². The van der Waals surface area contributed by atoms with Crippen LogP contribution in [0.1, 0.15) is 32.6 Å². The summed E-state index contributed by atoms with van der Waals surface area (Å²) in [6, 6.07) is -0.471. The van der Waals surface area contributed by atoms with E-state index in [4.69, 9.17) is 5.11 Å². The van der Waals surface area contributed by atoms with Gasteiger partial charge in [-0.15, -0.1) is 0 Å². The molecule has 0 aromatic rings. The number of likely N-dealkylation sites (tertiary alicyclic amines) is 1. The van der Waals surface area contributed by atoms with E-state index in [1.807, 2.05) is 4.90 Å². The third-order valence-corrected chi connectivity index (χ3v) is 2.72. The summed E-state index contributed by atoms with van der Waals surface area (Å²) >= 11 is 0.